The first-order valence-corrected chi connectivity index (χ1v) is 11.4. The van der Waals surface area contributed by atoms with Crippen molar-refractivity contribution in [2.75, 3.05) is 19.8 Å². The maximum Gasteiger partial charge on any atom is 0.253 e. The van der Waals surface area contributed by atoms with Crippen molar-refractivity contribution in [3.8, 4) is 0 Å². The van der Waals surface area contributed by atoms with Crippen LogP contribution in [0.25, 0.3) is 11.0 Å². The minimum atomic E-state index is -0.673. The van der Waals surface area contributed by atoms with E-state index in [2.05, 4.69) is 27.3 Å². The lowest BCUT2D eigenvalue weighted by Crippen LogP contribution is -2.49. The highest BCUT2D eigenvalue weighted by molar-refractivity contribution is 6.05. The standard InChI is InChI=1S/C25H30N4O3.2ClH/c1-16-28-24-20(7-4-8-22(24)29(16)19-9-11-32-12-10-19)25(31)27-15-23(30)21-13-17-5-2-3-6-18(17)14-26-21;;/h2-8,19,21,23,26,30H,9-15H2,1H3,(H,27,31);2*1H/t21-,23+;;/m0../s1. The van der Waals surface area contributed by atoms with Gasteiger partial charge in [0.15, 0.2) is 0 Å². The molecule has 0 aliphatic carbocycles. The Bertz CT molecular complexity index is 1130. The molecule has 3 heterocycles. The van der Waals surface area contributed by atoms with Gasteiger partial charge in [-0.25, -0.2) is 4.98 Å². The molecule has 2 atom stereocenters. The van der Waals surface area contributed by atoms with Crippen LogP contribution in [0.5, 0.6) is 0 Å². The third-order valence-electron chi connectivity index (χ3n) is 6.75. The molecule has 2 aliphatic rings. The molecule has 0 unspecified atom stereocenters. The van der Waals surface area contributed by atoms with E-state index in [9.17, 15) is 9.90 Å². The highest BCUT2D eigenvalue weighted by Gasteiger charge is 2.26. The number of carbonyl (C=O) groups is 1. The zero-order chi connectivity index (χ0) is 22.1. The summed E-state index contributed by atoms with van der Waals surface area (Å²) in [5.41, 5.74) is 4.76. The molecule has 0 saturated carbocycles. The molecular weight excluding hydrogens is 475 g/mol. The van der Waals surface area contributed by atoms with E-state index in [-0.39, 0.29) is 43.3 Å². The number of para-hydroxylation sites is 1. The van der Waals surface area contributed by atoms with Crippen LogP contribution in [0.2, 0.25) is 0 Å². The van der Waals surface area contributed by atoms with Gasteiger partial charge in [0.25, 0.3) is 5.91 Å². The number of hydrogen-bond acceptors (Lipinski definition) is 5. The van der Waals surface area contributed by atoms with Gasteiger partial charge in [0.1, 0.15) is 11.3 Å². The van der Waals surface area contributed by atoms with Gasteiger partial charge in [-0.05, 0) is 49.4 Å². The number of amides is 1. The monoisotopic (exact) mass is 506 g/mol. The first-order chi connectivity index (χ1) is 15.6. The van der Waals surface area contributed by atoms with Gasteiger partial charge in [0.2, 0.25) is 0 Å². The molecule has 184 valence electrons. The molecule has 1 amide bonds. The van der Waals surface area contributed by atoms with Crippen LogP contribution in [0.15, 0.2) is 42.5 Å². The lowest BCUT2D eigenvalue weighted by Gasteiger charge is -2.30. The summed E-state index contributed by atoms with van der Waals surface area (Å²) in [7, 11) is 0. The fourth-order valence-electron chi connectivity index (χ4n) is 5.01. The van der Waals surface area contributed by atoms with Crippen molar-refractivity contribution in [3.05, 3.63) is 65.0 Å². The maximum absolute atomic E-state index is 13.0. The van der Waals surface area contributed by atoms with Crippen LogP contribution in [-0.2, 0) is 17.7 Å². The summed E-state index contributed by atoms with van der Waals surface area (Å²) < 4.78 is 7.75. The molecular formula is C25H32Cl2N4O3. The minimum absolute atomic E-state index is 0. The Labute approximate surface area is 212 Å². The van der Waals surface area contributed by atoms with Crippen molar-refractivity contribution in [1.29, 1.82) is 0 Å². The number of halogens is 2. The number of aromatic nitrogens is 2. The number of nitrogens with one attached hydrogen (secondary N) is 2. The summed E-state index contributed by atoms with van der Waals surface area (Å²) in [6, 6.07) is 14.3. The number of aryl methyl sites for hydroxylation is 1. The predicted octanol–water partition coefficient (Wildman–Crippen LogP) is 3.35. The second-order valence-electron chi connectivity index (χ2n) is 8.78. The van der Waals surface area contributed by atoms with E-state index in [1.54, 1.807) is 6.07 Å². The van der Waals surface area contributed by atoms with Crippen molar-refractivity contribution in [2.45, 2.75) is 50.9 Å². The predicted molar refractivity (Wildman–Crippen MR) is 137 cm³/mol. The average Bonchev–Trinajstić information content (AvgIpc) is 3.18. The number of hydrogen-bond donors (Lipinski definition) is 3. The number of ether oxygens (including phenoxy) is 1. The molecule has 2 aliphatic heterocycles. The van der Waals surface area contributed by atoms with E-state index < -0.39 is 6.10 Å². The Balaban J connectivity index is 0.00000162. The van der Waals surface area contributed by atoms with E-state index >= 15 is 0 Å². The molecule has 3 N–H and O–H groups in total. The Morgan fingerprint density at radius 3 is 2.68 bits per heavy atom. The molecule has 1 fully saturated rings. The number of benzene rings is 2. The Kier molecular flexibility index (Phi) is 8.95. The van der Waals surface area contributed by atoms with Crippen LogP contribution in [0.3, 0.4) is 0 Å². The van der Waals surface area contributed by atoms with Gasteiger partial charge >= 0.3 is 0 Å². The maximum atomic E-state index is 13.0. The van der Waals surface area contributed by atoms with Gasteiger partial charge in [-0.1, -0.05) is 30.3 Å². The molecule has 3 aromatic rings. The van der Waals surface area contributed by atoms with E-state index in [4.69, 9.17) is 9.72 Å². The summed E-state index contributed by atoms with van der Waals surface area (Å²) in [6.07, 6.45) is 1.98. The minimum Gasteiger partial charge on any atom is -0.390 e. The largest absolute Gasteiger partial charge is 0.390 e. The van der Waals surface area contributed by atoms with Crippen molar-refractivity contribution in [1.82, 2.24) is 20.2 Å². The van der Waals surface area contributed by atoms with Gasteiger partial charge in [0.05, 0.1) is 17.2 Å². The molecule has 7 nitrogen and oxygen atoms in total. The van der Waals surface area contributed by atoms with E-state index in [1.807, 2.05) is 31.2 Å². The van der Waals surface area contributed by atoms with Crippen molar-refractivity contribution >= 4 is 41.8 Å². The molecule has 0 spiro atoms. The lowest BCUT2D eigenvalue weighted by molar-refractivity contribution is 0.0701. The molecule has 0 bridgehead atoms. The number of fused-ring (bicyclic) bond motifs is 2. The fraction of sp³-hybridized carbons (Fsp3) is 0.440. The third-order valence-corrected chi connectivity index (χ3v) is 6.75. The van der Waals surface area contributed by atoms with Gasteiger partial charge in [-0.2, -0.15) is 0 Å². The number of carbonyl (C=O) groups excluding carboxylic acids is 1. The summed E-state index contributed by atoms with van der Waals surface area (Å²) in [5, 5.41) is 17.0. The second-order valence-corrected chi connectivity index (χ2v) is 8.78. The second kappa shape index (κ2) is 11.5. The molecule has 2 aromatic carbocycles. The third kappa shape index (κ3) is 5.24. The molecule has 9 heteroatoms. The summed E-state index contributed by atoms with van der Waals surface area (Å²) in [5.74, 6) is 0.708. The highest BCUT2D eigenvalue weighted by Crippen LogP contribution is 2.29. The average molecular weight is 507 g/mol. The molecule has 5 rings (SSSR count). The zero-order valence-electron chi connectivity index (χ0n) is 19.2. The van der Waals surface area contributed by atoms with Crippen LogP contribution < -0.4 is 10.6 Å². The molecule has 0 radical (unpaired) electrons. The smallest absolute Gasteiger partial charge is 0.253 e. The molecule has 34 heavy (non-hydrogen) atoms. The Morgan fingerprint density at radius 2 is 1.91 bits per heavy atom. The normalized spacial score (nSPS) is 18.9. The van der Waals surface area contributed by atoms with Crippen molar-refractivity contribution in [3.63, 3.8) is 0 Å². The van der Waals surface area contributed by atoms with Crippen LogP contribution in [0.1, 0.15) is 46.2 Å². The van der Waals surface area contributed by atoms with Crippen LogP contribution >= 0.6 is 24.8 Å². The number of rotatable bonds is 5. The SMILES string of the molecule is Cc1nc2c(C(=O)NC[C@@H](O)[C@@H]3Cc4ccccc4CN3)cccc2n1C1CCOCC1.Cl.Cl. The summed E-state index contributed by atoms with van der Waals surface area (Å²) in [6.45, 7) is 4.42. The van der Waals surface area contributed by atoms with Gasteiger partial charge in [-0.15, -0.1) is 24.8 Å². The first kappa shape index (κ1) is 26.4. The summed E-state index contributed by atoms with van der Waals surface area (Å²) in [4.78, 5) is 17.8. The Hall–Kier alpha value is -2.16. The van der Waals surface area contributed by atoms with Crippen molar-refractivity contribution < 1.29 is 14.6 Å². The van der Waals surface area contributed by atoms with Crippen molar-refractivity contribution in [2.24, 2.45) is 0 Å². The van der Waals surface area contributed by atoms with E-state index in [0.29, 0.717) is 17.1 Å². The number of aliphatic hydroxyl groups is 1. The van der Waals surface area contributed by atoms with Gasteiger partial charge in [-0.3, -0.25) is 4.79 Å². The highest BCUT2D eigenvalue weighted by atomic mass is 35.5. The van der Waals surface area contributed by atoms with Gasteiger partial charge in [0, 0.05) is 38.4 Å². The van der Waals surface area contributed by atoms with Gasteiger partial charge < -0.3 is 25.0 Å². The number of aliphatic hydroxyl groups excluding tert-OH is 1. The topological polar surface area (TPSA) is 88.4 Å². The quantitative estimate of drug-likeness (QED) is 0.493. The van der Waals surface area contributed by atoms with Crippen LogP contribution in [0, 0.1) is 6.92 Å². The molecule has 1 aromatic heterocycles. The number of nitrogens with zero attached hydrogens (tertiary/aromatic N) is 2. The van der Waals surface area contributed by atoms with Crippen LogP contribution in [0.4, 0.5) is 0 Å². The first-order valence-electron chi connectivity index (χ1n) is 11.4. The molecule has 1 saturated heterocycles. The van der Waals surface area contributed by atoms with Crippen LogP contribution in [-0.4, -0.2) is 52.5 Å². The van der Waals surface area contributed by atoms with E-state index in [1.165, 1.54) is 11.1 Å². The Morgan fingerprint density at radius 1 is 1.18 bits per heavy atom. The number of imidazole rings is 1. The fourth-order valence-corrected chi connectivity index (χ4v) is 5.01. The zero-order valence-corrected chi connectivity index (χ0v) is 20.8. The van der Waals surface area contributed by atoms with E-state index in [0.717, 1.165) is 50.4 Å². The lowest BCUT2D eigenvalue weighted by atomic mass is 9.93. The summed E-state index contributed by atoms with van der Waals surface area (Å²) >= 11 is 0.